The molecule has 0 spiro atoms. The van der Waals surface area contributed by atoms with Crippen molar-refractivity contribution in [2.75, 3.05) is 44.3 Å². The highest BCUT2D eigenvalue weighted by Crippen LogP contribution is 2.19. The number of ether oxygens (including phenoxy) is 2. The molecule has 3 rings (SSSR count). The third-order valence-electron chi connectivity index (χ3n) is 5.19. The fraction of sp³-hybridized carbons (Fsp3) is 0.650. The number of hydrogen-bond donors (Lipinski definition) is 0. The zero-order chi connectivity index (χ0) is 17.6. The predicted octanol–water partition coefficient (Wildman–Crippen LogP) is 2.94. The smallest absolute Gasteiger partial charge is 0.338 e. The summed E-state index contributed by atoms with van der Waals surface area (Å²) in [6, 6.07) is 8.40. The number of anilines is 1. The van der Waals surface area contributed by atoms with Gasteiger partial charge in [0.25, 0.3) is 0 Å². The molecule has 138 valence electrons. The van der Waals surface area contributed by atoms with Crippen LogP contribution in [-0.4, -0.2) is 62.4 Å². The Bertz CT molecular complexity index is 545. The van der Waals surface area contributed by atoms with Crippen molar-refractivity contribution < 1.29 is 14.3 Å². The molecule has 2 fully saturated rings. The highest BCUT2D eigenvalue weighted by atomic mass is 16.6. The van der Waals surface area contributed by atoms with Crippen molar-refractivity contribution in [2.45, 2.75) is 45.3 Å². The van der Waals surface area contributed by atoms with Crippen molar-refractivity contribution in [1.29, 1.82) is 0 Å². The molecule has 0 aromatic heterocycles. The number of carbonyl (C=O) groups excluding carboxylic acids is 1. The number of esters is 1. The first-order valence-corrected chi connectivity index (χ1v) is 9.51. The molecule has 0 aliphatic carbocycles. The zero-order valence-electron chi connectivity index (χ0n) is 15.4. The van der Waals surface area contributed by atoms with Crippen LogP contribution in [0.25, 0.3) is 0 Å². The van der Waals surface area contributed by atoms with Gasteiger partial charge in [-0.05, 0) is 57.4 Å². The van der Waals surface area contributed by atoms with E-state index in [-0.39, 0.29) is 12.1 Å². The maximum atomic E-state index is 12.2. The lowest BCUT2D eigenvalue weighted by Crippen LogP contribution is -2.48. The number of benzene rings is 1. The predicted molar refractivity (Wildman–Crippen MR) is 99.2 cm³/mol. The van der Waals surface area contributed by atoms with Crippen molar-refractivity contribution in [2.24, 2.45) is 0 Å². The molecule has 2 heterocycles. The number of piperazine rings is 1. The number of carbonyl (C=O) groups is 1. The quantitative estimate of drug-likeness (QED) is 0.767. The first-order chi connectivity index (χ1) is 12.1. The first-order valence-electron chi connectivity index (χ1n) is 9.51. The Morgan fingerprint density at radius 2 is 1.88 bits per heavy atom. The fourth-order valence-corrected chi connectivity index (χ4v) is 3.50. The lowest BCUT2D eigenvalue weighted by molar-refractivity contribution is -0.0300. The molecule has 0 bridgehead atoms. The Hall–Kier alpha value is -1.59. The summed E-state index contributed by atoms with van der Waals surface area (Å²) >= 11 is 0. The van der Waals surface area contributed by atoms with Gasteiger partial charge in [0.2, 0.25) is 0 Å². The second-order valence-corrected chi connectivity index (χ2v) is 7.25. The molecule has 0 N–H and O–H groups in total. The summed E-state index contributed by atoms with van der Waals surface area (Å²) in [4.78, 5) is 17.1. The second-order valence-electron chi connectivity index (χ2n) is 7.25. The van der Waals surface area contributed by atoms with E-state index in [0.29, 0.717) is 18.2 Å². The number of hydrogen-bond acceptors (Lipinski definition) is 5. The summed E-state index contributed by atoms with van der Waals surface area (Å²) in [5, 5.41) is 0. The molecule has 0 amide bonds. The minimum atomic E-state index is -0.259. The second kappa shape index (κ2) is 8.68. The van der Waals surface area contributed by atoms with Crippen molar-refractivity contribution >= 4 is 11.7 Å². The summed E-state index contributed by atoms with van der Waals surface area (Å²) in [6.07, 6.45) is 3.31. The molecule has 5 nitrogen and oxygen atoms in total. The van der Waals surface area contributed by atoms with Gasteiger partial charge in [0, 0.05) is 44.5 Å². The molecule has 1 atom stereocenters. The van der Waals surface area contributed by atoms with Crippen LogP contribution in [0.5, 0.6) is 0 Å². The van der Waals surface area contributed by atoms with E-state index >= 15 is 0 Å². The van der Waals surface area contributed by atoms with Gasteiger partial charge in [0.1, 0.15) is 6.61 Å². The molecule has 1 aromatic rings. The van der Waals surface area contributed by atoms with E-state index < -0.39 is 0 Å². The van der Waals surface area contributed by atoms with Crippen LogP contribution in [0.2, 0.25) is 0 Å². The first kappa shape index (κ1) is 18.2. The summed E-state index contributed by atoms with van der Waals surface area (Å²) in [6.45, 7) is 9.86. The van der Waals surface area contributed by atoms with Gasteiger partial charge in [0.15, 0.2) is 0 Å². The monoisotopic (exact) mass is 346 g/mol. The van der Waals surface area contributed by atoms with Crippen LogP contribution in [-0.2, 0) is 9.47 Å². The van der Waals surface area contributed by atoms with E-state index in [1.54, 1.807) is 0 Å². The van der Waals surface area contributed by atoms with Gasteiger partial charge in [-0.3, -0.25) is 4.90 Å². The summed E-state index contributed by atoms with van der Waals surface area (Å²) < 4.78 is 11.0. The molecule has 25 heavy (non-hydrogen) atoms. The molecule has 5 heteroatoms. The molecule has 1 aromatic carbocycles. The van der Waals surface area contributed by atoms with Gasteiger partial charge in [-0.1, -0.05) is 0 Å². The third-order valence-corrected chi connectivity index (χ3v) is 5.19. The number of rotatable bonds is 5. The minimum absolute atomic E-state index is 0.0641. The van der Waals surface area contributed by atoms with Crippen LogP contribution in [0.4, 0.5) is 5.69 Å². The minimum Gasteiger partial charge on any atom is -0.459 e. The van der Waals surface area contributed by atoms with Crippen molar-refractivity contribution in [3.8, 4) is 0 Å². The Morgan fingerprint density at radius 1 is 1.16 bits per heavy atom. The van der Waals surface area contributed by atoms with Gasteiger partial charge in [-0.2, -0.15) is 0 Å². The number of nitrogens with zero attached hydrogens (tertiary/aromatic N) is 2. The molecule has 0 saturated carbocycles. The molecule has 2 aliphatic rings. The summed E-state index contributed by atoms with van der Waals surface area (Å²) in [5.74, 6) is -0.259. The maximum Gasteiger partial charge on any atom is 0.338 e. The van der Waals surface area contributed by atoms with Crippen molar-refractivity contribution in [3.63, 3.8) is 0 Å². The van der Waals surface area contributed by atoms with E-state index in [2.05, 4.69) is 23.6 Å². The Labute approximate surface area is 150 Å². The normalized spacial score (nSPS) is 22.2. The SMILES string of the molecule is CC(C)N1CCN(c2ccc(C(=O)OCC3CCCCO3)cc2)CC1. The zero-order valence-corrected chi connectivity index (χ0v) is 15.4. The van der Waals surface area contributed by atoms with Gasteiger partial charge in [-0.25, -0.2) is 4.79 Å². The van der Waals surface area contributed by atoms with Crippen LogP contribution in [0.3, 0.4) is 0 Å². The van der Waals surface area contributed by atoms with E-state index in [0.717, 1.165) is 52.0 Å². The Balaban J connectivity index is 1.49. The van der Waals surface area contributed by atoms with Crippen LogP contribution in [0.1, 0.15) is 43.5 Å². The highest BCUT2D eigenvalue weighted by Gasteiger charge is 2.20. The lowest BCUT2D eigenvalue weighted by Gasteiger charge is -2.38. The fourth-order valence-electron chi connectivity index (χ4n) is 3.50. The van der Waals surface area contributed by atoms with Gasteiger partial charge >= 0.3 is 5.97 Å². The lowest BCUT2D eigenvalue weighted by atomic mass is 10.1. The molecular formula is C20H30N2O3. The average Bonchev–Trinajstić information content (AvgIpc) is 2.67. The summed E-state index contributed by atoms with van der Waals surface area (Å²) in [5.41, 5.74) is 1.79. The van der Waals surface area contributed by atoms with E-state index in [4.69, 9.17) is 9.47 Å². The van der Waals surface area contributed by atoms with Crippen LogP contribution in [0, 0.1) is 0 Å². The molecule has 0 radical (unpaired) electrons. The topological polar surface area (TPSA) is 42.0 Å². The van der Waals surface area contributed by atoms with E-state index in [1.165, 1.54) is 5.69 Å². The maximum absolute atomic E-state index is 12.2. The van der Waals surface area contributed by atoms with Gasteiger partial charge in [-0.15, -0.1) is 0 Å². The average molecular weight is 346 g/mol. The van der Waals surface area contributed by atoms with Crippen LogP contribution >= 0.6 is 0 Å². The molecule has 2 saturated heterocycles. The highest BCUT2D eigenvalue weighted by molar-refractivity contribution is 5.89. The van der Waals surface area contributed by atoms with Crippen LogP contribution in [0.15, 0.2) is 24.3 Å². The van der Waals surface area contributed by atoms with Crippen molar-refractivity contribution in [1.82, 2.24) is 4.90 Å². The summed E-state index contributed by atoms with van der Waals surface area (Å²) in [7, 11) is 0. The third kappa shape index (κ3) is 4.95. The van der Waals surface area contributed by atoms with Gasteiger partial charge in [0.05, 0.1) is 11.7 Å². The molecular weight excluding hydrogens is 316 g/mol. The Morgan fingerprint density at radius 3 is 2.48 bits per heavy atom. The molecule has 2 aliphatic heterocycles. The standard InChI is InChI=1S/C20H30N2O3/c1-16(2)21-10-12-22(13-11-21)18-8-6-17(7-9-18)20(23)25-15-19-5-3-4-14-24-19/h6-9,16,19H,3-5,10-15H2,1-2H3. The van der Waals surface area contributed by atoms with E-state index in [9.17, 15) is 4.79 Å². The Kier molecular flexibility index (Phi) is 6.32. The molecule has 1 unspecified atom stereocenters. The van der Waals surface area contributed by atoms with Crippen LogP contribution < -0.4 is 4.90 Å². The largest absolute Gasteiger partial charge is 0.459 e. The van der Waals surface area contributed by atoms with Crippen molar-refractivity contribution in [3.05, 3.63) is 29.8 Å². The van der Waals surface area contributed by atoms with Gasteiger partial charge < -0.3 is 14.4 Å². The van der Waals surface area contributed by atoms with E-state index in [1.807, 2.05) is 24.3 Å².